The molecular formula is C12H10OS. The third-order valence-corrected chi connectivity index (χ3v) is 2.18. The van der Waals surface area contributed by atoms with Crippen LogP contribution in [0.2, 0.25) is 0 Å². The van der Waals surface area contributed by atoms with Crippen LogP contribution >= 0.6 is 12.2 Å². The van der Waals surface area contributed by atoms with Crippen LogP contribution in [0.3, 0.4) is 0 Å². The number of benzene rings is 1. The van der Waals surface area contributed by atoms with Gasteiger partial charge >= 0.3 is 0 Å². The highest BCUT2D eigenvalue weighted by molar-refractivity contribution is 7.71. The molecule has 0 atom stereocenters. The number of rotatable bonds is 1. The number of hydrogen-bond acceptors (Lipinski definition) is 2. The minimum Gasteiger partial charge on any atom is -0.461 e. The molecule has 0 fully saturated rings. The average molecular weight is 202 g/mol. The molecule has 14 heavy (non-hydrogen) atoms. The van der Waals surface area contributed by atoms with E-state index >= 15 is 0 Å². The maximum absolute atomic E-state index is 5.58. The summed E-state index contributed by atoms with van der Waals surface area (Å²) in [6, 6.07) is 13.7. The molecule has 0 radical (unpaired) electrons. The first kappa shape index (κ1) is 9.16. The summed E-state index contributed by atoms with van der Waals surface area (Å²) in [7, 11) is 0. The molecule has 0 amide bonds. The van der Waals surface area contributed by atoms with Gasteiger partial charge in [-0.15, -0.1) is 0 Å². The van der Waals surface area contributed by atoms with Crippen LogP contribution < -0.4 is 0 Å². The highest BCUT2D eigenvalue weighted by Gasteiger charge is 1.99. The van der Waals surface area contributed by atoms with Crippen molar-refractivity contribution in [3.05, 3.63) is 52.7 Å². The average Bonchev–Trinajstić information content (AvgIpc) is 2.18. The minimum absolute atomic E-state index is 0.813. The molecule has 70 valence electrons. The fourth-order valence-electron chi connectivity index (χ4n) is 1.35. The summed E-state index contributed by atoms with van der Waals surface area (Å²) < 4.78 is 6.39. The van der Waals surface area contributed by atoms with Crippen molar-refractivity contribution < 1.29 is 4.42 Å². The van der Waals surface area contributed by atoms with Gasteiger partial charge in [0, 0.05) is 10.1 Å². The lowest BCUT2D eigenvalue weighted by Gasteiger charge is -2.01. The summed E-state index contributed by atoms with van der Waals surface area (Å²) in [5, 5.41) is 0. The highest BCUT2D eigenvalue weighted by Crippen LogP contribution is 2.20. The molecule has 0 aliphatic carbocycles. The molecule has 0 unspecified atom stereocenters. The second-order valence-corrected chi connectivity index (χ2v) is 3.61. The molecule has 0 N–H and O–H groups in total. The Morgan fingerprint density at radius 2 is 1.79 bits per heavy atom. The lowest BCUT2D eigenvalue weighted by atomic mass is 10.1. The van der Waals surface area contributed by atoms with Gasteiger partial charge in [0.05, 0.1) is 0 Å². The van der Waals surface area contributed by atoms with Crippen LogP contribution in [0.5, 0.6) is 0 Å². The van der Waals surface area contributed by atoms with Crippen molar-refractivity contribution in [3.63, 3.8) is 0 Å². The number of hydrogen-bond donors (Lipinski definition) is 0. The summed E-state index contributed by atoms with van der Waals surface area (Å²) in [4.78, 5) is 0. The summed E-state index contributed by atoms with van der Waals surface area (Å²) in [5.41, 5.74) is 1.06. The van der Waals surface area contributed by atoms with Gasteiger partial charge in [-0.2, -0.15) is 0 Å². The minimum atomic E-state index is 0.813. The Hall–Kier alpha value is -1.41. The van der Waals surface area contributed by atoms with E-state index in [1.807, 2.05) is 49.4 Å². The van der Waals surface area contributed by atoms with Crippen LogP contribution in [-0.2, 0) is 0 Å². The molecule has 2 aromatic rings. The van der Waals surface area contributed by atoms with Crippen LogP contribution in [0.25, 0.3) is 11.3 Å². The van der Waals surface area contributed by atoms with Gasteiger partial charge in [-0.3, -0.25) is 0 Å². The molecular weight excluding hydrogens is 192 g/mol. The van der Waals surface area contributed by atoms with Crippen LogP contribution in [0, 0.1) is 11.4 Å². The predicted molar refractivity (Wildman–Crippen MR) is 59.7 cm³/mol. The van der Waals surface area contributed by atoms with E-state index < -0.39 is 0 Å². The molecule has 2 rings (SSSR count). The van der Waals surface area contributed by atoms with Gasteiger partial charge in [-0.05, 0) is 19.1 Å². The molecule has 0 spiro atoms. The zero-order chi connectivity index (χ0) is 9.97. The molecule has 0 saturated heterocycles. The van der Waals surface area contributed by atoms with E-state index in [0.717, 1.165) is 21.6 Å². The standard InChI is InChI=1S/C12H10OS/c1-9-7-11(14)8-12(13-9)10-5-3-2-4-6-10/h2-8H,1H3. The van der Waals surface area contributed by atoms with Crippen molar-refractivity contribution in [2.45, 2.75) is 6.92 Å². The molecule has 1 heterocycles. The lowest BCUT2D eigenvalue weighted by molar-refractivity contribution is 0.531. The SMILES string of the molecule is Cc1cc(=S)cc(-c2ccccc2)o1. The van der Waals surface area contributed by atoms with Crippen molar-refractivity contribution in [2.24, 2.45) is 0 Å². The second-order valence-electron chi connectivity index (χ2n) is 3.13. The third kappa shape index (κ3) is 1.91. The van der Waals surface area contributed by atoms with Crippen molar-refractivity contribution in [1.29, 1.82) is 0 Å². The molecule has 0 aliphatic heterocycles. The van der Waals surface area contributed by atoms with E-state index in [1.54, 1.807) is 0 Å². The van der Waals surface area contributed by atoms with E-state index in [0.29, 0.717) is 0 Å². The van der Waals surface area contributed by atoms with E-state index in [9.17, 15) is 0 Å². The maximum atomic E-state index is 5.58. The molecule has 0 saturated carbocycles. The summed E-state index contributed by atoms with van der Waals surface area (Å²) >= 11 is 5.13. The van der Waals surface area contributed by atoms with E-state index in [1.165, 1.54) is 0 Å². The summed E-state index contributed by atoms with van der Waals surface area (Å²) in [6.45, 7) is 1.90. The first-order valence-electron chi connectivity index (χ1n) is 4.43. The fraction of sp³-hybridized carbons (Fsp3) is 0.0833. The zero-order valence-electron chi connectivity index (χ0n) is 7.86. The van der Waals surface area contributed by atoms with Crippen LogP contribution in [0.1, 0.15) is 5.76 Å². The van der Waals surface area contributed by atoms with Crippen LogP contribution in [0.15, 0.2) is 46.9 Å². The molecule has 0 bridgehead atoms. The van der Waals surface area contributed by atoms with E-state index in [4.69, 9.17) is 16.6 Å². The van der Waals surface area contributed by atoms with Gasteiger partial charge < -0.3 is 4.42 Å². The van der Waals surface area contributed by atoms with Gasteiger partial charge in [-0.1, -0.05) is 42.5 Å². The van der Waals surface area contributed by atoms with Crippen molar-refractivity contribution in [2.75, 3.05) is 0 Å². The van der Waals surface area contributed by atoms with Crippen molar-refractivity contribution in [3.8, 4) is 11.3 Å². The quantitative estimate of drug-likeness (QED) is 0.649. The Kier molecular flexibility index (Phi) is 2.46. The smallest absolute Gasteiger partial charge is 0.135 e. The predicted octanol–water partition coefficient (Wildman–Crippen LogP) is 3.98. The first-order chi connectivity index (χ1) is 6.75. The Balaban J connectivity index is 2.58. The van der Waals surface area contributed by atoms with Gasteiger partial charge in [0.2, 0.25) is 0 Å². The Labute approximate surface area is 88.0 Å². The van der Waals surface area contributed by atoms with Gasteiger partial charge in [0.25, 0.3) is 0 Å². The molecule has 2 heteroatoms. The summed E-state index contributed by atoms with van der Waals surface area (Å²) in [6.07, 6.45) is 0. The van der Waals surface area contributed by atoms with Crippen molar-refractivity contribution in [1.82, 2.24) is 0 Å². The molecule has 0 aliphatic rings. The largest absolute Gasteiger partial charge is 0.461 e. The Morgan fingerprint density at radius 1 is 1.07 bits per heavy atom. The van der Waals surface area contributed by atoms with E-state index in [2.05, 4.69) is 0 Å². The Morgan fingerprint density at radius 3 is 2.43 bits per heavy atom. The van der Waals surface area contributed by atoms with Crippen LogP contribution in [0.4, 0.5) is 0 Å². The number of aryl methyl sites for hydroxylation is 1. The highest BCUT2D eigenvalue weighted by atomic mass is 32.1. The van der Waals surface area contributed by atoms with Gasteiger partial charge in [0.1, 0.15) is 11.5 Å². The normalized spacial score (nSPS) is 10.1. The van der Waals surface area contributed by atoms with Gasteiger partial charge in [0.15, 0.2) is 0 Å². The molecule has 1 aromatic carbocycles. The van der Waals surface area contributed by atoms with Gasteiger partial charge in [-0.25, -0.2) is 0 Å². The maximum Gasteiger partial charge on any atom is 0.135 e. The fourth-order valence-corrected chi connectivity index (χ4v) is 1.62. The first-order valence-corrected chi connectivity index (χ1v) is 4.84. The molecule has 1 nitrogen and oxygen atoms in total. The van der Waals surface area contributed by atoms with E-state index in [-0.39, 0.29) is 0 Å². The topological polar surface area (TPSA) is 13.1 Å². The molecule has 1 aromatic heterocycles. The summed E-state index contributed by atoms with van der Waals surface area (Å²) in [5.74, 6) is 1.67. The lowest BCUT2D eigenvalue weighted by Crippen LogP contribution is -1.79. The Bertz CT molecular complexity index is 485. The van der Waals surface area contributed by atoms with Crippen molar-refractivity contribution >= 4 is 12.2 Å². The van der Waals surface area contributed by atoms with Crippen LogP contribution in [-0.4, -0.2) is 0 Å². The second kappa shape index (κ2) is 3.76. The third-order valence-electron chi connectivity index (χ3n) is 1.95. The zero-order valence-corrected chi connectivity index (χ0v) is 8.67. The monoisotopic (exact) mass is 202 g/mol.